The Balaban J connectivity index is 2.03. The van der Waals surface area contributed by atoms with E-state index in [1.807, 2.05) is 0 Å². The molecule has 0 atom stereocenters. The first-order valence-electron chi connectivity index (χ1n) is 3.40. The van der Waals surface area contributed by atoms with Crippen molar-refractivity contribution in [2.24, 2.45) is 5.92 Å². The van der Waals surface area contributed by atoms with Gasteiger partial charge in [-0.05, 0) is 25.2 Å². The van der Waals surface area contributed by atoms with Crippen molar-refractivity contribution in [1.29, 1.82) is 0 Å². The Hall–Kier alpha value is -0.0900. The van der Waals surface area contributed by atoms with E-state index in [2.05, 4.69) is 0 Å². The molecule has 3 aliphatic carbocycles. The van der Waals surface area contributed by atoms with Gasteiger partial charge in [-0.2, -0.15) is 8.42 Å². The Kier molecular flexibility index (Phi) is 1.03. The fraction of sp³-hybridized carbons (Fsp3) is 1.00. The summed E-state index contributed by atoms with van der Waals surface area (Å²) in [6, 6.07) is 0. The lowest BCUT2D eigenvalue weighted by atomic mass is 9.52. The van der Waals surface area contributed by atoms with Crippen LogP contribution in [0.4, 0.5) is 0 Å². The molecule has 0 aliphatic heterocycles. The molecule has 0 spiro atoms. The maximum atomic E-state index is 10.6. The van der Waals surface area contributed by atoms with Gasteiger partial charge in [0, 0.05) is 0 Å². The minimum Gasteiger partial charge on any atom is -0.264 e. The van der Waals surface area contributed by atoms with Crippen LogP contribution in [0.1, 0.15) is 19.3 Å². The molecule has 2 bridgehead atoms. The molecule has 10 heavy (non-hydrogen) atoms. The van der Waals surface area contributed by atoms with Crippen molar-refractivity contribution in [3.05, 3.63) is 0 Å². The fourth-order valence-corrected chi connectivity index (χ4v) is 2.67. The van der Waals surface area contributed by atoms with E-state index in [4.69, 9.17) is 4.18 Å². The molecular formula is C6H10O3S. The van der Waals surface area contributed by atoms with E-state index < -0.39 is 10.1 Å². The van der Waals surface area contributed by atoms with E-state index in [1.165, 1.54) is 0 Å². The second-order valence-electron chi connectivity index (χ2n) is 3.45. The second kappa shape index (κ2) is 1.56. The molecule has 3 fully saturated rings. The summed E-state index contributed by atoms with van der Waals surface area (Å²) in [5, 5.41) is 0. The van der Waals surface area contributed by atoms with Crippen molar-refractivity contribution in [2.45, 2.75) is 24.9 Å². The molecule has 3 rings (SSSR count). The highest BCUT2D eigenvalue weighted by Gasteiger charge is 2.59. The van der Waals surface area contributed by atoms with E-state index >= 15 is 0 Å². The summed E-state index contributed by atoms with van der Waals surface area (Å²) < 4.78 is 26.2. The average Bonchev–Trinajstić information content (AvgIpc) is 1.48. The Labute approximate surface area is 60.5 Å². The Morgan fingerprint density at radius 2 is 1.90 bits per heavy atom. The molecule has 0 N–H and O–H groups in total. The third kappa shape index (κ3) is 0.864. The Morgan fingerprint density at radius 1 is 1.40 bits per heavy atom. The molecule has 4 heteroatoms. The molecule has 0 aromatic rings. The van der Waals surface area contributed by atoms with Crippen LogP contribution in [-0.4, -0.2) is 20.3 Å². The van der Waals surface area contributed by atoms with Gasteiger partial charge in [0.15, 0.2) is 0 Å². The summed E-state index contributed by atoms with van der Waals surface area (Å²) in [6.45, 7) is 0. The summed E-state index contributed by atoms with van der Waals surface area (Å²) in [7, 11) is -3.20. The highest BCUT2D eigenvalue weighted by Crippen LogP contribution is 2.59. The molecule has 3 saturated carbocycles. The zero-order valence-corrected chi connectivity index (χ0v) is 6.65. The van der Waals surface area contributed by atoms with Crippen molar-refractivity contribution < 1.29 is 12.6 Å². The molecule has 0 unspecified atom stereocenters. The first kappa shape index (κ1) is 6.61. The molecule has 58 valence electrons. The number of hydrogen-bond acceptors (Lipinski definition) is 3. The predicted molar refractivity (Wildman–Crippen MR) is 36.0 cm³/mol. The maximum absolute atomic E-state index is 10.6. The molecule has 0 aromatic carbocycles. The van der Waals surface area contributed by atoms with Gasteiger partial charge in [-0.15, -0.1) is 0 Å². The van der Waals surface area contributed by atoms with Gasteiger partial charge >= 0.3 is 0 Å². The van der Waals surface area contributed by atoms with Crippen LogP contribution in [0.5, 0.6) is 0 Å². The largest absolute Gasteiger partial charge is 0.264 e. The van der Waals surface area contributed by atoms with Gasteiger partial charge in [-0.1, -0.05) is 0 Å². The molecule has 0 radical (unpaired) electrons. The van der Waals surface area contributed by atoms with Gasteiger partial charge < -0.3 is 0 Å². The second-order valence-corrected chi connectivity index (χ2v) is 5.02. The highest BCUT2D eigenvalue weighted by molar-refractivity contribution is 7.86. The SMILES string of the molecule is CS(=O)(=O)OC12CC(C1)C2. The lowest BCUT2D eigenvalue weighted by Gasteiger charge is -2.59. The van der Waals surface area contributed by atoms with E-state index in [0.717, 1.165) is 31.4 Å². The lowest BCUT2D eigenvalue weighted by molar-refractivity contribution is -0.165. The fourth-order valence-electron chi connectivity index (χ4n) is 1.82. The van der Waals surface area contributed by atoms with Crippen LogP contribution in [0.25, 0.3) is 0 Å². The van der Waals surface area contributed by atoms with Gasteiger partial charge in [0.25, 0.3) is 10.1 Å². The van der Waals surface area contributed by atoms with Crippen LogP contribution in [0, 0.1) is 5.92 Å². The van der Waals surface area contributed by atoms with Gasteiger partial charge in [0.1, 0.15) is 0 Å². The first-order valence-corrected chi connectivity index (χ1v) is 5.21. The van der Waals surface area contributed by atoms with Crippen LogP contribution in [-0.2, 0) is 14.3 Å². The topological polar surface area (TPSA) is 43.4 Å². The maximum Gasteiger partial charge on any atom is 0.264 e. The number of hydrogen-bond donors (Lipinski definition) is 0. The first-order chi connectivity index (χ1) is 4.49. The lowest BCUT2D eigenvalue weighted by Crippen LogP contribution is -2.60. The van der Waals surface area contributed by atoms with Gasteiger partial charge in [0.05, 0.1) is 11.9 Å². The van der Waals surface area contributed by atoms with Gasteiger partial charge in [0.2, 0.25) is 0 Å². The zero-order valence-electron chi connectivity index (χ0n) is 5.83. The van der Waals surface area contributed by atoms with E-state index in [0.29, 0.717) is 0 Å². The van der Waals surface area contributed by atoms with Crippen LogP contribution >= 0.6 is 0 Å². The highest BCUT2D eigenvalue weighted by atomic mass is 32.2. The molecule has 0 amide bonds. The Bertz CT molecular complexity index is 237. The summed E-state index contributed by atoms with van der Waals surface area (Å²) in [5.41, 5.74) is -0.238. The molecule has 0 saturated heterocycles. The molecule has 0 aromatic heterocycles. The van der Waals surface area contributed by atoms with Crippen molar-refractivity contribution >= 4 is 10.1 Å². The van der Waals surface area contributed by atoms with Crippen molar-refractivity contribution in [2.75, 3.05) is 6.26 Å². The minimum atomic E-state index is -3.20. The molecular weight excluding hydrogens is 152 g/mol. The smallest absolute Gasteiger partial charge is 0.264 e. The quantitative estimate of drug-likeness (QED) is 0.556. The molecule has 3 nitrogen and oxygen atoms in total. The van der Waals surface area contributed by atoms with Crippen LogP contribution in [0.15, 0.2) is 0 Å². The van der Waals surface area contributed by atoms with E-state index in [-0.39, 0.29) is 5.60 Å². The molecule has 3 aliphatic rings. The standard InChI is InChI=1S/C6H10O3S/c1-10(7,8)9-6-2-5(3-6)4-6/h5H,2-4H2,1H3. The molecule has 0 heterocycles. The third-order valence-electron chi connectivity index (χ3n) is 2.31. The monoisotopic (exact) mass is 162 g/mol. The van der Waals surface area contributed by atoms with Crippen LogP contribution < -0.4 is 0 Å². The zero-order chi connectivity index (χ0) is 7.41. The van der Waals surface area contributed by atoms with Crippen LogP contribution in [0.2, 0.25) is 0 Å². The summed E-state index contributed by atoms with van der Waals surface area (Å²) >= 11 is 0. The van der Waals surface area contributed by atoms with Gasteiger partial charge in [-0.25, -0.2) is 0 Å². The summed E-state index contributed by atoms with van der Waals surface area (Å²) in [6.07, 6.45) is 3.99. The normalized spacial score (nSPS) is 43.9. The third-order valence-corrected chi connectivity index (χ3v) is 2.97. The average molecular weight is 162 g/mol. The van der Waals surface area contributed by atoms with Crippen molar-refractivity contribution in [3.8, 4) is 0 Å². The van der Waals surface area contributed by atoms with Crippen LogP contribution in [0.3, 0.4) is 0 Å². The van der Waals surface area contributed by atoms with Crippen molar-refractivity contribution in [1.82, 2.24) is 0 Å². The Morgan fingerprint density at radius 3 is 2.00 bits per heavy atom. The van der Waals surface area contributed by atoms with E-state index in [1.54, 1.807) is 0 Å². The minimum absolute atomic E-state index is 0.238. The summed E-state index contributed by atoms with van der Waals surface area (Å²) in [5.74, 6) is 0.766. The van der Waals surface area contributed by atoms with Crippen molar-refractivity contribution in [3.63, 3.8) is 0 Å². The van der Waals surface area contributed by atoms with E-state index in [9.17, 15) is 8.42 Å². The van der Waals surface area contributed by atoms with Gasteiger partial charge in [-0.3, -0.25) is 4.18 Å². The summed E-state index contributed by atoms with van der Waals surface area (Å²) in [4.78, 5) is 0. The number of rotatable bonds is 2. The predicted octanol–water partition coefficient (Wildman–Crippen LogP) is 0.515.